The predicted molar refractivity (Wildman–Crippen MR) is 114 cm³/mol. The molecular weight excluding hydrogens is 423 g/mol. The van der Waals surface area contributed by atoms with Crippen LogP contribution >= 0.6 is 0 Å². The Balaban J connectivity index is 1.68. The summed E-state index contributed by atoms with van der Waals surface area (Å²) in [5.41, 5.74) is 0.439. The van der Waals surface area contributed by atoms with Crippen LogP contribution < -0.4 is 4.74 Å². The monoisotopic (exact) mass is 450 g/mol. The van der Waals surface area contributed by atoms with Crippen LogP contribution in [0.3, 0.4) is 0 Å². The van der Waals surface area contributed by atoms with E-state index in [0.717, 1.165) is 12.1 Å². The molecule has 1 aliphatic heterocycles. The van der Waals surface area contributed by atoms with Gasteiger partial charge in [-0.3, -0.25) is 4.79 Å². The van der Waals surface area contributed by atoms with Crippen LogP contribution in [0.2, 0.25) is 0 Å². The quantitative estimate of drug-likeness (QED) is 0.578. The molecule has 0 unspecified atom stereocenters. The van der Waals surface area contributed by atoms with Gasteiger partial charge in [0.1, 0.15) is 18.2 Å². The van der Waals surface area contributed by atoms with Gasteiger partial charge in [0.15, 0.2) is 0 Å². The third kappa shape index (κ3) is 5.81. The molecule has 0 saturated carbocycles. The normalized spacial score (nSPS) is 15.5. The summed E-state index contributed by atoms with van der Waals surface area (Å²) < 4.78 is 51.3. The highest BCUT2D eigenvalue weighted by atomic mass is 32.2. The Labute approximate surface area is 182 Å². The molecule has 1 heterocycles. The van der Waals surface area contributed by atoms with Crippen molar-refractivity contribution in [3.05, 3.63) is 59.9 Å². The number of halogens is 1. The van der Waals surface area contributed by atoms with Crippen molar-refractivity contribution in [3.63, 3.8) is 0 Å². The number of hydrogen-bond donors (Lipinski definition) is 0. The maximum absolute atomic E-state index is 13.2. The lowest BCUT2D eigenvalue weighted by Crippen LogP contribution is -2.37. The molecule has 0 aliphatic carbocycles. The average Bonchev–Trinajstić information content (AvgIpc) is 3.04. The zero-order chi connectivity index (χ0) is 22.3. The molecule has 31 heavy (non-hydrogen) atoms. The van der Waals surface area contributed by atoms with Gasteiger partial charge in [-0.2, -0.15) is 4.31 Å². The van der Waals surface area contributed by atoms with E-state index in [9.17, 15) is 17.6 Å². The number of rotatable bonds is 8. The van der Waals surface area contributed by atoms with Crippen LogP contribution in [-0.2, 0) is 14.8 Å². The number of hydrogen-bond acceptors (Lipinski definition) is 5. The first-order valence-corrected chi connectivity index (χ1v) is 11.7. The number of para-hydroxylation sites is 1. The van der Waals surface area contributed by atoms with Crippen molar-refractivity contribution < 1.29 is 27.1 Å². The summed E-state index contributed by atoms with van der Waals surface area (Å²) in [5, 5.41) is 0. The van der Waals surface area contributed by atoms with E-state index in [-0.39, 0.29) is 30.4 Å². The number of amides is 1. The predicted octanol–water partition coefficient (Wildman–Crippen LogP) is 2.78. The van der Waals surface area contributed by atoms with E-state index in [1.54, 1.807) is 29.2 Å². The van der Waals surface area contributed by atoms with Gasteiger partial charge in [-0.05, 0) is 49.7 Å². The second-order valence-corrected chi connectivity index (χ2v) is 8.98. The third-order valence-electron chi connectivity index (χ3n) is 5.00. The Morgan fingerprint density at radius 3 is 2.48 bits per heavy atom. The maximum Gasteiger partial charge on any atom is 0.257 e. The summed E-state index contributed by atoms with van der Waals surface area (Å²) >= 11 is 0. The first-order valence-electron chi connectivity index (χ1n) is 10.3. The van der Waals surface area contributed by atoms with E-state index in [4.69, 9.17) is 9.47 Å². The van der Waals surface area contributed by atoms with Gasteiger partial charge in [0.2, 0.25) is 10.0 Å². The third-order valence-corrected chi connectivity index (χ3v) is 6.91. The number of carbonyl (C=O) groups is 1. The lowest BCUT2D eigenvalue weighted by molar-refractivity contribution is 0.0753. The molecule has 1 amide bonds. The van der Waals surface area contributed by atoms with Gasteiger partial charge >= 0.3 is 0 Å². The standard InChI is InChI=1S/C22H27FN2O5S/c1-2-29-16-17-30-21-7-4-3-6-20(21)22(26)24-12-5-13-25(15-14-24)31(27,28)19-10-8-18(23)9-11-19/h3-4,6-11H,2,5,12-17H2,1H3. The Morgan fingerprint density at radius 2 is 1.74 bits per heavy atom. The highest BCUT2D eigenvalue weighted by molar-refractivity contribution is 7.89. The van der Waals surface area contributed by atoms with Crippen LogP contribution in [0.5, 0.6) is 5.75 Å². The molecule has 0 atom stereocenters. The molecule has 0 radical (unpaired) electrons. The first-order chi connectivity index (χ1) is 14.9. The van der Waals surface area contributed by atoms with Gasteiger partial charge in [-0.15, -0.1) is 0 Å². The van der Waals surface area contributed by atoms with Gasteiger partial charge in [0, 0.05) is 32.8 Å². The molecule has 2 aromatic carbocycles. The van der Waals surface area contributed by atoms with E-state index in [1.165, 1.54) is 16.4 Å². The Hall–Kier alpha value is -2.49. The highest BCUT2D eigenvalue weighted by Crippen LogP contribution is 2.22. The summed E-state index contributed by atoms with van der Waals surface area (Å²) in [5.74, 6) is -0.214. The van der Waals surface area contributed by atoms with Gasteiger partial charge in [-0.1, -0.05) is 12.1 Å². The van der Waals surface area contributed by atoms with Gasteiger partial charge in [-0.25, -0.2) is 12.8 Å². The fraction of sp³-hybridized carbons (Fsp3) is 0.409. The number of carbonyl (C=O) groups excluding carboxylic acids is 1. The van der Waals surface area contributed by atoms with E-state index in [1.807, 2.05) is 6.92 Å². The lowest BCUT2D eigenvalue weighted by Gasteiger charge is -2.23. The number of benzene rings is 2. The SMILES string of the molecule is CCOCCOc1ccccc1C(=O)N1CCCN(S(=O)(=O)c2ccc(F)cc2)CC1. The number of nitrogens with zero attached hydrogens (tertiary/aromatic N) is 2. The molecule has 0 aromatic heterocycles. The molecule has 1 fully saturated rings. The van der Waals surface area contributed by atoms with Crippen molar-refractivity contribution in [2.24, 2.45) is 0 Å². The van der Waals surface area contributed by atoms with Crippen LogP contribution in [0.25, 0.3) is 0 Å². The highest BCUT2D eigenvalue weighted by Gasteiger charge is 2.29. The van der Waals surface area contributed by atoms with E-state index < -0.39 is 15.8 Å². The van der Waals surface area contributed by atoms with Crippen LogP contribution in [0.1, 0.15) is 23.7 Å². The number of sulfonamides is 1. The lowest BCUT2D eigenvalue weighted by atomic mass is 10.1. The van der Waals surface area contributed by atoms with Crippen LogP contribution in [0, 0.1) is 5.82 Å². The van der Waals surface area contributed by atoms with Crippen LogP contribution in [-0.4, -0.2) is 69.5 Å². The zero-order valence-electron chi connectivity index (χ0n) is 17.5. The van der Waals surface area contributed by atoms with Crippen molar-refractivity contribution >= 4 is 15.9 Å². The minimum atomic E-state index is -3.75. The molecule has 3 rings (SSSR count). The maximum atomic E-state index is 13.2. The molecule has 1 saturated heterocycles. The fourth-order valence-corrected chi connectivity index (χ4v) is 4.86. The molecule has 0 bridgehead atoms. The molecule has 168 valence electrons. The van der Waals surface area contributed by atoms with Crippen molar-refractivity contribution in [3.8, 4) is 5.75 Å². The van der Waals surface area contributed by atoms with E-state index >= 15 is 0 Å². The zero-order valence-corrected chi connectivity index (χ0v) is 18.3. The van der Waals surface area contributed by atoms with Gasteiger partial charge < -0.3 is 14.4 Å². The molecule has 1 aliphatic rings. The Morgan fingerprint density at radius 1 is 1.00 bits per heavy atom. The van der Waals surface area contributed by atoms with Crippen LogP contribution in [0.15, 0.2) is 53.4 Å². The van der Waals surface area contributed by atoms with Crippen molar-refractivity contribution in [2.45, 2.75) is 18.2 Å². The smallest absolute Gasteiger partial charge is 0.257 e. The van der Waals surface area contributed by atoms with Gasteiger partial charge in [0.25, 0.3) is 5.91 Å². The van der Waals surface area contributed by atoms with Crippen molar-refractivity contribution in [1.82, 2.24) is 9.21 Å². The van der Waals surface area contributed by atoms with Crippen molar-refractivity contribution in [1.29, 1.82) is 0 Å². The summed E-state index contributed by atoms with van der Waals surface area (Å²) in [7, 11) is -3.75. The summed E-state index contributed by atoms with van der Waals surface area (Å²) in [6.07, 6.45) is 0.500. The fourth-order valence-electron chi connectivity index (χ4n) is 3.39. The first kappa shape index (κ1) is 23.2. The summed E-state index contributed by atoms with van der Waals surface area (Å²) in [6, 6.07) is 11.8. The van der Waals surface area contributed by atoms with Gasteiger partial charge in [0.05, 0.1) is 17.1 Å². The minimum Gasteiger partial charge on any atom is -0.490 e. The van der Waals surface area contributed by atoms with Crippen molar-refractivity contribution in [2.75, 3.05) is 46.0 Å². The van der Waals surface area contributed by atoms with Crippen LogP contribution in [0.4, 0.5) is 4.39 Å². The summed E-state index contributed by atoms with van der Waals surface area (Å²) in [6.45, 7) is 4.40. The van der Waals surface area contributed by atoms with E-state index in [0.29, 0.717) is 44.1 Å². The second-order valence-electron chi connectivity index (χ2n) is 7.05. The number of ether oxygens (including phenoxy) is 2. The van der Waals surface area contributed by atoms with E-state index in [2.05, 4.69) is 0 Å². The molecule has 9 heteroatoms. The molecular formula is C22H27FN2O5S. The molecule has 2 aromatic rings. The topological polar surface area (TPSA) is 76.2 Å². The minimum absolute atomic E-state index is 0.0433. The Kier molecular flexibility index (Phi) is 8.00. The molecule has 0 N–H and O–H groups in total. The Bertz CT molecular complexity index is 982. The molecule has 0 spiro atoms. The largest absolute Gasteiger partial charge is 0.490 e. The molecule has 7 nitrogen and oxygen atoms in total. The summed E-state index contributed by atoms with van der Waals surface area (Å²) in [4.78, 5) is 14.8. The second kappa shape index (κ2) is 10.7. The average molecular weight is 451 g/mol.